The highest BCUT2D eigenvalue weighted by Gasteiger charge is 2.19. The second-order valence-corrected chi connectivity index (χ2v) is 4.17. The number of nitrogens with one attached hydrogen (secondary N) is 1. The standard InChI is InChI=1S/C12H16N2/c1-2-9-14(8-1)12-5-3-4-11-10(12)6-7-13-11/h3-5,13H,1-2,6-9H2. The van der Waals surface area contributed by atoms with Crippen molar-refractivity contribution in [1.29, 1.82) is 0 Å². The summed E-state index contributed by atoms with van der Waals surface area (Å²) in [6.45, 7) is 3.60. The minimum absolute atomic E-state index is 1.11. The highest BCUT2D eigenvalue weighted by atomic mass is 15.1. The third-order valence-corrected chi connectivity index (χ3v) is 3.29. The van der Waals surface area contributed by atoms with Crippen LogP contribution in [0.25, 0.3) is 0 Å². The summed E-state index contributed by atoms with van der Waals surface area (Å²) < 4.78 is 0. The molecule has 2 aliphatic heterocycles. The molecule has 74 valence electrons. The van der Waals surface area contributed by atoms with Crippen molar-refractivity contribution in [2.24, 2.45) is 0 Å². The molecule has 0 radical (unpaired) electrons. The van der Waals surface area contributed by atoms with Gasteiger partial charge in [0.2, 0.25) is 0 Å². The molecule has 0 aliphatic carbocycles. The van der Waals surface area contributed by atoms with Gasteiger partial charge in [0.15, 0.2) is 0 Å². The Kier molecular flexibility index (Phi) is 1.86. The van der Waals surface area contributed by atoms with Gasteiger partial charge in [-0.15, -0.1) is 0 Å². The van der Waals surface area contributed by atoms with E-state index in [0.717, 1.165) is 6.54 Å². The zero-order chi connectivity index (χ0) is 9.38. The third kappa shape index (κ3) is 1.17. The van der Waals surface area contributed by atoms with Gasteiger partial charge in [-0.3, -0.25) is 0 Å². The van der Waals surface area contributed by atoms with E-state index in [-0.39, 0.29) is 0 Å². The SMILES string of the molecule is c1cc2c(c(N3CCCC3)c1)CCN2. The summed E-state index contributed by atoms with van der Waals surface area (Å²) in [5.41, 5.74) is 4.37. The molecule has 2 heterocycles. The van der Waals surface area contributed by atoms with Crippen molar-refractivity contribution in [2.75, 3.05) is 29.9 Å². The molecule has 3 rings (SSSR count). The van der Waals surface area contributed by atoms with E-state index < -0.39 is 0 Å². The molecule has 1 N–H and O–H groups in total. The Bertz CT molecular complexity index is 340. The van der Waals surface area contributed by atoms with Crippen LogP contribution in [0.4, 0.5) is 11.4 Å². The Balaban J connectivity index is 2.00. The summed E-state index contributed by atoms with van der Waals surface area (Å²) in [6.07, 6.45) is 3.91. The quantitative estimate of drug-likeness (QED) is 0.727. The molecular formula is C12H16N2. The molecule has 0 saturated carbocycles. The van der Waals surface area contributed by atoms with Crippen LogP contribution in [-0.4, -0.2) is 19.6 Å². The minimum atomic E-state index is 1.11. The Labute approximate surface area is 84.9 Å². The molecule has 0 spiro atoms. The molecule has 0 amide bonds. The number of hydrogen-bond donors (Lipinski definition) is 1. The Morgan fingerprint density at radius 1 is 1.14 bits per heavy atom. The zero-order valence-corrected chi connectivity index (χ0v) is 8.42. The van der Waals surface area contributed by atoms with Crippen molar-refractivity contribution in [3.05, 3.63) is 23.8 Å². The number of rotatable bonds is 1. The maximum absolute atomic E-state index is 3.44. The third-order valence-electron chi connectivity index (χ3n) is 3.29. The van der Waals surface area contributed by atoms with Crippen LogP contribution in [0.5, 0.6) is 0 Å². The second-order valence-electron chi connectivity index (χ2n) is 4.17. The molecule has 1 saturated heterocycles. The lowest BCUT2D eigenvalue weighted by molar-refractivity contribution is 0.949. The molecular weight excluding hydrogens is 172 g/mol. The molecule has 2 nitrogen and oxygen atoms in total. The fourth-order valence-electron chi connectivity index (χ4n) is 2.58. The van der Waals surface area contributed by atoms with Crippen LogP contribution in [0.2, 0.25) is 0 Å². The van der Waals surface area contributed by atoms with Crippen LogP contribution in [0, 0.1) is 0 Å². The summed E-state index contributed by atoms with van der Waals surface area (Å²) in [5, 5.41) is 3.44. The van der Waals surface area contributed by atoms with Crippen LogP contribution in [0.15, 0.2) is 18.2 Å². The van der Waals surface area contributed by atoms with E-state index in [2.05, 4.69) is 28.4 Å². The number of nitrogens with zero attached hydrogens (tertiary/aromatic N) is 1. The van der Waals surface area contributed by atoms with Crippen molar-refractivity contribution < 1.29 is 0 Å². The Hall–Kier alpha value is -1.18. The van der Waals surface area contributed by atoms with Crippen LogP contribution >= 0.6 is 0 Å². The summed E-state index contributed by atoms with van der Waals surface area (Å²) in [6, 6.07) is 6.64. The first-order valence-corrected chi connectivity index (χ1v) is 5.56. The number of anilines is 2. The second kappa shape index (κ2) is 3.19. The zero-order valence-electron chi connectivity index (χ0n) is 8.42. The van der Waals surface area contributed by atoms with Gasteiger partial charge in [0, 0.05) is 36.6 Å². The van der Waals surface area contributed by atoms with Crippen molar-refractivity contribution in [3.63, 3.8) is 0 Å². The molecule has 1 fully saturated rings. The van der Waals surface area contributed by atoms with E-state index in [0.29, 0.717) is 0 Å². The predicted molar refractivity (Wildman–Crippen MR) is 60.1 cm³/mol. The van der Waals surface area contributed by atoms with E-state index in [1.165, 1.54) is 49.3 Å². The van der Waals surface area contributed by atoms with Gasteiger partial charge in [0.25, 0.3) is 0 Å². The Morgan fingerprint density at radius 2 is 2.00 bits per heavy atom. The summed E-state index contributed by atoms with van der Waals surface area (Å²) in [4.78, 5) is 2.53. The van der Waals surface area contributed by atoms with Crippen LogP contribution in [-0.2, 0) is 6.42 Å². The molecule has 0 bridgehead atoms. The first kappa shape index (κ1) is 8.16. The summed E-state index contributed by atoms with van der Waals surface area (Å²) >= 11 is 0. The first-order chi connectivity index (χ1) is 6.95. The molecule has 1 aromatic rings. The molecule has 0 atom stereocenters. The van der Waals surface area contributed by atoms with Crippen molar-refractivity contribution in [1.82, 2.24) is 0 Å². The summed E-state index contributed by atoms with van der Waals surface area (Å²) in [7, 11) is 0. The van der Waals surface area contributed by atoms with Crippen molar-refractivity contribution in [2.45, 2.75) is 19.3 Å². The van der Waals surface area contributed by atoms with Crippen molar-refractivity contribution >= 4 is 11.4 Å². The maximum atomic E-state index is 3.44. The highest BCUT2D eigenvalue weighted by molar-refractivity contribution is 5.69. The van der Waals surface area contributed by atoms with Gasteiger partial charge in [-0.05, 0) is 31.4 Å². The van der Waals surface area contributed by atoms with Crippen LogP contribution in [0.1, 0.15) is 18.4 Å². The first-order valence-electron chi connectivity index (χ1n) is 5.56. The molecule has 0 aromatic heterocycles. The van der Waals surface area contributed by atoms with E-state index >= 15 is 0 Å². The monoisotopic (exact) mass is 188 g/mol. The Morgan fingerprint density at radius 3 is 2.86 bits per heavy atom. The topological polar surface area (TPSA) is 15.3 Å². The molecule has 2 heteroatoms. The predicted octanol–water partition coefficient (Wildman–Crippen LogP) is 2.25. The lowest BCUT2D eigenvalue weighted by atomic mass is 10.1. The van der Waals surface area contributed by atoms with Gasteiger partial charge in [0.1, 0.15) is 0 Å². The molecule has 0 unspecified atom stereocenters. The van der Waals surface area contributed by atoms with E-state index in [9.17, 15) is 0 Å². The van der Waals surface area contributed by atoms with Gasteiger partial charge in [-0.2, -0.15) is 0 Å². The summed E-state index contributed by atoms with van der Waals surface area (Å²) in [5.74, 6) is 0. The van der Waals surface area contributed by atoms with E-state index in [4.69, 9.17) is 0 Å². The normalized spacial score (nSPS) is 19.6. The van der Waals surface area contributed by atoms with E-state index in [1.807, 2.05) is 0 Å². The molecule has 14 heavy (non-hydrogen) atoms. The average Bonchev–Trinajstić information content (AvgIpc) is 2.88. The smallest absolute Gasteiger partial charge is 0.0420 e. The van der Waals surface area contributed by atoms with Gasteiger partial charge in [0.05, 0.1) is 0 Å². The van der Waals surface area contributed by atoms with Gasteiger partial charge in [-0.25, -0.2) is 0 Å². The highest BCUT2D eigenvalue weighted by Crippen LogP contribution is 2.33. The van der Waals surface area contributed by atoms with Gasteiger partial charge in [-0.1, -0.05) is 6.07 Å². The molecule has 1 aromatic carbocycles. The lowest BCUT2D eigenvalue weighted by Gasteiger charge is -2.20. The number of benzene rings is 1. The molecule has 2 aliphatic rings. The van der Waals surface area contributed by atoms with Gasteiger partial charge >= 0.3 is 0 Å². The van der Waals surface area contributed by atoms with Crippen LogP contribution < -0.4 is 10.2 Å². The largest absolute Gasteiger partial charge is 0.384 e. The van der Waals surface area contributed by atoms with Crippen molar-refractivity contribution in [3.8, 4) is 0 Å². The average molecular weight is 188 g/mol. The van der Waals surface area contributed by atoms with Gasteiger partial charge < -0.3 is 10.2 Å². The minimum Gasteiger partial charge on any atom is -0.384 e. The fourth-order valence-corrected chi connectivity index (χ4v) is 2.58. The van der Waals surface area contributed by atoms with Crippen LogP contribution in [0.3, 0.4) is 0 Å². The maximum Gasteiger partial charge on any atom is 0.0420 e. The lowest BCUT2D eigenvalue weighted by Crippen LogP contribution is -2.18. The fraction of sp³-hybridized carbons (Fsp3) is 0.500. The number of hydrogen-bond acceptors (Lipinski definition) is 2. The number of fused-ring (bicyclic) bond motifs is 1. The van der Waals surface area contributed by atoms with E-state index in [1.54, 1.807) is 0 Å².